The van der Waals surface area contributed by atoms with Crippen LogP contribution in [0.2, 0.25) is 0 Å². The number of amides is 1. The second-order valence-corrected chi connectivity index (χ2v) is 9.24. The van der Waals surface area contributed by atoms with Crippen molar-refractivity contribution in [3.63, 3.8) is 0 Å². The molecule has 0 radical (unpaired) electrons. The molecule has 7 nitrogen and oxygen atoms in total. The van der Waals surface area contributed by atoms with Gasteiger partial charge in [-0.25, -0.2) is 14.4 Å². The summed E-state index contributed by atoms with van der Waals surface area (Å²) >= 11 is 0. The van der Waals surface area contributed by atoms with Gasteiger partial charge in [-0.15, -0.1) is 0 Å². The topological polar surface area (TPSA) is 71.5 Å². The van der Waals surface area contributed by atoms with Crippen LogP contribution >= 0.6 is 0 Å². The minimum atomic E-state index is -0.286. The number of halogens is 1. The number of nitrogens with zero attached hydrogens (tertiary/aromatic N) is 5. The second kappa shape index (κ2) is 10.0. The van der Waals surface area contributed by atoms with E-state index in [2.05, 4.69) is 19.9 Å². The number of carbonyl (C=O) groups excluding carboxylic acids is 1. The number of hydrogen-bond donors (Lipinski definition) is 0. The summed E-state index contributed by atoms with van der Waals surface area (Å²) in [5, 5.41) is 0.731. The summed E-state index contributed by atoms with van der Waals surface area (Å²) in [6.45, 7) is 5.29. The lowest BCUT2D eigenvalue weighted by atomic mass is 9.95. The van der Waals surface area contributed by atoms with Crippen molar-refractivity contribution >= 4 is 22.8 Å². The lowest BCUT2D eigenvalue weighted by molar-refractivity contribution is -0.138. The number of fused-ring (bicyclic) bond motifs is 1. The first-order valence-corrected chi connectivity index (χ1v) is 12.0. The molecule has 0 bridgehead atoms. The molecule has 0 N–H and O–H groups in total. The maximum atomic E-state index is 13.6. The highest BCUT2D eigenvalue weighted by molar-refractivity contribution is 5.82. The van der Waals surface area contributed by atoms with E-state index in [1.807, 2.05) is 24.0 Å². The fourth-order valence-electron chi connectivity index (χ4n) is 4.94. The van der Waals surface area contributed by atoms with Crippen LogP contribution < -0.4 is 4.90 Å². The van der Waals surface area contributed by atoms with E-state index in [9.17, 15) is 9.18 Å². The Labute approximate surface area is 199 Å². The predicted octanol–water partition coefficient (Wildman–Crippen LogP) is 3.90. The number of hydrogen-bond acceptors (Lipinski definition) is 6. The number of carbonyl (C=O) groups is 1. The summed E-state index contributed by atoms with van der Waals surface area (Å²) in [5.74, 6) is 0.522. The highest BCUT2D eigenvalue weighted by atomic mass is 19.1. The number of pyridine rings is 1. The van der Waals surface area contributed by atoms with Crippen molar-refractivity contribution in [3.05, 3.63) is 59.8 Å². The van der Waals surface area contributed by atoms with E-state index < -0.39 is 0 Å². The smallest absolute Gasteiger partial charge is 0.226 e. The molecule has 1 unspecified atom stereocenters. The van der Waals surface area contributed by atoms with Gasteiger partial charge >= 0.3 is 0 Å². The van der Waals surface area contributed by atoms with Gasteiger partial charge in [0.25, 0.3) is 0 Å². The third-order valence-electron chi connectivity index (χ3n) is 6.85. The third kappa shape index (κ3) is 5.01. The molecule has 0 aliphatic carbocycles. The highest BCUT2D eigenvalue weighted by Gasteiger charge is 2.31. The fourth-order valence-corrected chi connectivity index (χ4v) is 4.94. The van der Waals surface area contributed by atoms with E-state index in [1.54, 1.807) is 18.5 Å². The van der Waals surface area contributed by atoms with Crippen LogP contribution in [-0.4, -0.2) is 58.1 Å². The Morgan fingerprint density at radius 3 is 2.68 bits per heavy atom. The molecule has 2 aromatic heterocycles. The second-order valence-electron chi connectivity index (χ2n) is 9.24. The molecular formula is C26H30FN5O2. The minimum absolute atomic E-state index is 0.0323. The zero-order chi connectivity index (χ0) is 23.5. The van der Waals surface area contributed by atoms with Gasteiger partial charge in [0.15, 0.2) is 0 Å². The largest absolute Gasteiger partial charge is 0.376 e. The summed E-state index contributed by atoms with van der Waals surface area (Å²) in [7, 11) is 0. The molecule has 2 fully saturated rings. The Hall–Kier alpha value is -3.13. The van der Waals surface area contributed by atoms with Crippen molar-refractivity contribution < 1.29 is 13.9 Å². The van der Waals surface area contributed by atoms with Crippen molar-refractivity contribution in [3.8, 4) is 0 Å². The van der Waals surface area contributed by atoms with Crippen LogP contribution in [0.4, 0.5) is 10.3 Å². The molecule has 0 saturated carbocycles. The number of aryl methyl sites for hydroxylation is 1. The number of ether oxygens (including phenoxy) is 1. The molecule has 178 valence electrons. The van der Waals surface area contributed by atoms with Crippen molar-refractivity contribution in [2.24, 2.45) is 5.92 Å². The van der Waals surface area contributed by atoms with Gasteiger partial charge in [-0.05, 0) is 68.5 Å². The SMILES string of the molecule is Cc1nc(N2CCC(C(=O)N(Cc3ccncc3)CC3CCCO3)CC2)nc2ccc(F)cc12. The summed E-state index contributed by atoms with van der Waals surface area (Å²) < 4.78 is 19.4. The number of rotatable bonds is 6. The monoisotopic (exact) mass is 463 g/mol. The maximum Gasteiger partial charge on any atom is 0.226 e. The number of anilines is 1. The molecule has 1 atom stereocenters. The molecular weight excluding hydrogens is 433 g/mol. The van der Waals surface area contributed by atoms with Gasteiger partial charge in [0.2, 0.25) is 11.9 Å². The lowest BCUT2D eigenvalue weighted by Crippen LogP contribution is -2.45. The Morgan fingerprint density at radius 1 is 1.15 bits per heavy atom. The summed E-state index contributed by atoms with van der Waals surface area (Å²) in [6, 6.07) is 8.52. The minimum Gasteiger partial charge on any atom is -0.376 e. The Kier molecular flexibility index (Phi) is 6.67. The van der Waals surface area contributed by atoms with Crippen molar-refractivity contribution in [2.45, 2.75) is 45.3 Å². The Balaban J connectivity index is 1.27. The zero-order valence-corrected chi connectivity index (χ0v) is 19.5. The average molecular weight is 464 g/mol. The van der Waals surface area contributed by atoms with E-state index in [4.69, 9.17) is 4.74 Å². The summed E-state index contributed by atoms with van der Waals surface area (Å²) in [6.07, 6.45) is 7.21. The van der Waals surface area contributed by atoms with Gasteiger partial charge < -0.3 is 14.5 Å². The first-order valence-electron chi connectivity index (χ1n) is 12.0. The third-order valence-corrected chi connectivity index (χ3v) is 6.85. The van der Waals surface area contributed by atoms with E-state index in [0.717, 1.165) is 54.5 Å². The number of benzene rings is 1. The zero-order valence-electron chi connectivity index (χ0n) is 19.5. The van der Waals surface area contributed by atoms with Crippen LogP contribution in [0.5, 0.6) is 0 Å². The van der Waals surface area contributed by atoms with Crippen LogP contribution in [0.25, 0.3) is 10.9 Å². The van der Waals surface area contributed by atoms with Crippen LogP contribution in [0.3, 0.4) is 0 Å². The Bertz CT molecular complexity index is 1140. The van der Waals surface area contributed by atoms with E-state index in [-0.39, 0.29) is 23.7 Å². The molecule has 2 saturated heterocycles. The molecule has 1 amide bonds. The fraction of sp³-hybridized carbons (Fsp3) is 0.462. The van der Waals surface area contributed by atoms with E-state index >= 15 is 0 Å². The predicted molar refractivity (Wildman–Crippen MR) is 128 cm³/mol. The van der Waals surface area contributed by atoms with E-state index in [0.29, 0.717) is 32.1 Å². The lowest BCUT2D eigenvalue weighted by Gasteiger charge is -2.35. The normalized spacial score (nSPS) is 19.0. The van der Waals surface area contributed by atoms with Crippen LogP contribution in [-0.2, 0) is 16.1 Å². The molecule has 1 aromatic carbocycles. The van der Waals surface area contributed by atoms with Gasteiger partial charge in [0.05, 0.1) is 17.3 Å². The molecule has 2 aliphatic rings. The average Bonchev–Trinajstić information content (AvgIpc) is 3.37. The maximum absolute atomic E-state index is 13.6. The first kappa shape index (κ1) is 22.7. The van der Waals surface area contributed by atoms with Gasteiger partial charge in [-0.2, -0.15) is 0 Å². The first-order chi connectivity index (χ1) is 16.6. The standard InChI is InChI=1S/C26H30FN5O2/c1-18-23-15-21(27)4-5-24(23)30-26(29-18)31-12-8-20(9-13-31)25(33)32(17-22-3-2-14-34-22)16-19-6-10-28-11-7-19/h4-7,10-11,15,20,22H,2-3,8-9,12-14,16-17H2,1H3. The van der Waals surface area contributed by atoms with Gasteiger partial charge in [-0.1, -0.05) is 0 Å². The molecule has 0 spiro atoms. The Morgan fingerprint density at radius 2 is 1.94 bits per heavy atom. The van der Waals surface area contributed by atoms with Crippen LogP contribution in [0.15, 0.2) is 42.7 Å². The van der Waals surface area contributed by atoms with Crippen molar-refractivity contribution in [1.29, 1.82) is 0 Å². The van der Waals surface area contributed by atoms with Crippen molar-refractivity contribution in [2.75, 3.05) is 31.1 Å². The number of aromatic nitrogens is 3. The molecule has 5 rings (SSSR count). The molecule has 2 aliphatic heterocycles. The van der Waals surface area contributed by atoms with Gasteiger partial charge in [-0.3, -0.25) is 9.78 Å². The molecule has 34 heavy (non-hydrogen) atoms. The van der Waals surface area contributed by atoms with Crippen LogP contribution in [0.1, 0.15) is 36.9 Å². The number of piperidine rings is 1. The molecule has 3 aromatic rings. The summed E-state index contributed by atoms with van der Waals surface area (Å²) in [4.78, 5) is 31.0. The molecule has 4 heterocycles. The van der Waals surface area contributed by atoms with Crippen LogP contribution in [0, 0.1) is 18.7 Å². The van der Waals surface area contributed by atoms with Crippen molar-refractivity contribution in [1.82, 2.24) is 19.9 Å². The van der Waals surface area contributed by atoms with Gasteiger partial charge in [0, 0.05) is 56.5 Å². The highest BCUT2D eigenvalue weighted by Crippen LogP contribution is 2.27. The summed E-state index contributed by atoms with van der Waals surface area (Å²) in [5.41, 5.74) is 2.58. The van der Waals surface area contributed by atoms with E-state index in [1.165, 1.54) is 12.1 Å². The quantitative estimate of drug-likeness (QED) is 0.552. The molecule has 8 heteroatoms. The van der Waals surface area contributed by atoms with Gasteiger partial charge in [0.1, 0.15) is 5.82 Å².